The first kappa shape index (κ1) is 16.2. The zero-order chi connectivity index (χ0) is 15.9. The van der Waals surface area contributed by atoms with Crippen molar-refractivity contribution in [3.63, 3.8) is 0 Å². The Morgan fingerprint density at radius 2 is 1.29 bits per heavy atom. The first-order chi connectivity index (χ1) is 9.77. The van der Waals surface area contributed by atoms with Gasteiger partial charge < -0.3 is 0 Å². The van der Waals surface area contributed by atoms with Gasteiger partial charge in [0.2, 0.25) is 0 Å². The van der Waals surface area contributed by atoms with Crippen LogP contribution in [0.4, 0.5) is 4.39 Å². The summed E-state index contributed by atoms with van der Waals surface area (Å²) in [4.78, 5) is -0.115. The van der Waals surface area contributed by atoms with Crippen LogP contribution in [0.25, 0.3) is 0 Å². The second kappa shape index (κ2) is 5.92. The highest BCUT2D eigenvalue weighted by Crippen LogP contribution is 2.39. The lowest BCUT2D eigenvalue weighted by Crippen LogP contribution is -2.07. The number of alkyl halides is 1. The molecule has 0 amide bonds. The molecule has 1 unspecified atom stereocenters. The van der Waals surface area contributed by atoms with Gasteiger partial charge >= 0.3 is 0 Å². The maximum Gasteiger partial charge on any atom is 0.130 e. The fraction of sp³-hybridized carbons (Fsp3) is 0.368. The topological polar surface area (TPSA) is 0 Å². The van der Waals surface area contributed by atoms with Crippen molar-refractivity contribution in [2.45, 2.75) is 46.4 Å². The highest BCUT2D eigenvalue weighted by atomic mass is 79.9. The van der Waals surface area contributed by atoms with Crippen molar-refractivity contribution in [2.75, 3.05) is 0 Å². The number of benzene rings is 2. The maximum atomic E-state index is 14.5. The van der Waals surface area contributed by atoms with E-state index in [0.717, 1.165) is 0 Å². The Balaban J connectivity index is 2.70. The van der Waals surface area contributed by atoms with Gasteiger partial charge in [-0.15, -0.1) is 0 Å². The molecule has 0 saturated heterocycles. The molecule has 0 aliphatic carbocycles. The van der Waals surface area contributed by atoms with Crippen LogP contribution in [-0.4, -0.2) is 0 Å². The number of aryl methyl sites for hydroxylation is 1. The van der Waals surface area contributed by atoms with Crippen LogP contribution in [0.2, 0.25) is 0 Å². The number of halogens is 2. The summed E-state index contributed by atoms with van der Waals surface area (Å²) in [5, 5.41) is 0. The van der Waals surface area contributed by atoms with Crippen LogP contribution in [0.15, 0.2) is 18.2 Å². The zero-order valence-electron chi connectivity index (χ0n) is 13.6. The largest absolute Gasteiger partial charge is 0.206 e. The fourth-order valence-electron chi connectivity index (χ4n) is 2.93. The van der Waals surface area contributed by atoms with E-state index in [0.29, 0.717) is 11.1 Å². The molecule has 2 aromatic rings. The molecule has 112 valence electrons. The van der Waals surface area contributed by atoms with E-state index >= 15 is 0 Å². The van der Waals surface area contributed by atoms with E-state index < -0.39 is 0 Å². The molecular weight excluding hydrogens is 327 g/mol. The first-order valence-corrected chi connectivity index (χ1v) is 8.14. The lowest BCUT2D eigenvalue weighted by molar-refractivity contribution is 0.604. The van der Waals surface area contributed by atoms with Gasteiger partial charge in [-0.05, 0) is 80.5 Å². The van der Waals surface area contributed by atoms with Crippen LogP contribution >= 0.6 is 15.9 Å². The van der Waals surface area contributed by atoms with Crippen LogP contribution < -0.4 is 0 Å². The molecule has 0 spiro atoms. The minimum absolute atomic E-state index is 0.115. The molecule has 0 saturated carbocycles. The van der Waals surface area contributed by atoms with Gasteiger partial charge in [0.15, 0.2) is 0 Å². The molecule has 2 rings (SSSR count). The minimum atomic E-state index is -0.117. The van der Waals surface area contributed by atoms with Crippen LogP contribution in [0.5, 0.6) is 0 Å². The van der Waals surface area contributed by atoms with E-state index in [2.05, 4.69) is 50.5 Å². The summed E-state index contributed by atoms with van der Waals surface area (Å²) >= 11 is 3.73. The maximum absolute atomic E-state index is 14.5. The molecule has 0 aliphatic heterocycles. The van der Waals surface area contributed by atoms with Crippen molar-refractivity contribution in [1.82, 2.24) is 0 Å². The van der Waals surface area contributed by atoms with Gasteiger partial charge in [-0.25, -0.2) is 4.39 Å². The van der Waals surface area contributed by atoms with Gasteiger partial charge in [0, 0.05) is 5.56 Å². The number of hydrogen-bond acceptors (Lipinski definition) is 0. The lowest BCUT2D eigenvalue weighted by Gasteiger charge is -2.23. The molecule has 0 bridgehead atoms. The molecule has 0 N–H and O–H groups in total. The molecule has 1 atom stereocenters. The standard InChI is InChI=1S/C19H22BrF/c1-10-8-7-9-16(19(10)21)18(20)17-14(5)12(3)11(2)13(4)15(17)6/h7-9,18H,1-6H3. The van der Waals surface area contributed by atoms with Crippen molar-refractivity contribution < 1.29 is 4.39 Å². The molecule has 0 aliphatic rings. The van der Waals surface area contributed by atoms with Gasteiger partial charge in [-0.2, -0.15) is 0 Å². The summed E-state index contributed by atoms with van der Waals surface area (Å²) in [6.45, 7) is 12.5. The third-order valence-electron chi connectivity index (χ3n) is 4.81. The highest BCUT2D eigenvalue weighted by Gasteiger charge is 2.22. The van der Waals surface area contributed by atoms with E-state index in [-0.39, 0.29) is 10.6 Å². The summed E-state index contributed by atoms with van der Waals surface area (Å²) in [7, 11) is 0. The Morgan fingerprint density at radius 1 is 0.810 bits per heavy atom. The quantitative estimate of drug-likeness (QED) is 0.570. The third kappa shape index (κ3) is 2.66. The van der Waals surface area contributed by atoms with E-state index in [4.69, 9.17) is 0 Å². The van der Waals surface area contributed by atoms with Crippen LogP contribution in [-0.2, 0) is 0 Å². The van der Waals surface area contributed by atoms with Crippen molar-refractivity contribution in [3.8, 4) is 0 Å². The third-order valence-corrected chi connectivity index (χ3v) is 5.76. The summed E-state index contributed by atoms with van der Waals surface area (Å²) in [6.07, 6.45) is 0. The Bertz CT molecular complexity index is 672. The van der Waals surface area contributed by atoms with E-state index in [9.17, 15) is 4.39 Å². The predicted molar refractivity (Wildman–Crippen MR) is 92.0 cm³/mol. The summed E-state index contributed by atoms with van der Waals surface area (Å²) < 4.78 is 14.5. The normalized spacial score (nSPS) is 12.6. The van der Waals surface area contributed by atoms with E-state index in [1.165, 1.54) is 33.4 Å². The van der Waals surface area contributed by atoms with Crippen molar-refractivity contribution in [2.24, 2.45) is 0 Å². The molecule has 0 radical (unpaired) electrons. The number of hydrogen-bond donors (Lipinski definition) is 0. The highest BCUT2D eigenvalue weighted by molar-refractivity contribution is 9.09. The molecule has 0 nitrogen and oxygen atoms in total. The fourth-order valence-corrected chi connectivity index (χ4v) is 3.97. The van der Waals surface area contributed by atoms with Crippen molar-refractivity contribution >= 4 is 15.9 Å². The van der Waals surface area contributed by atoms with Gasteiger partial charge in [0.05, 0.1) is 4.83 Å². The smallest absolute Gasteiger partial charge is 0.130 e. The summed E-state index contributed by atoms with van der Waals surface area (Å²) in [6, 6.07) is 5.59. The van der Waals surface area contributed by atoms with Crippen LogP contribution in [0.3, 0.4) is 0 Å². The molecule has 2 heteroatoms. The summed E-state index contributed by atoms with van der Waals surface area (Å²) in [5.41, 5.74) is 9.02. The lowest BCUT2D eigenvalue weighted by atomic mass is 9.86. The molecule has 0 heterocycles. The Morgan fingerprint density at radius 3 is 1.81 bits per heavy atom. The van der Waals surface area contributed by atoms with Gasteiger partial charge in [-0.1, -0.05) is 34.1 Å². The van der Waals surface area contributed by atoms with Crippen molar-refractivity contribution in [1.29, 1.82) is 0 Å². The van der Waals surface area contributed by atoms with Crippen LogP contribution in [0, 0.1) is 47.4 Å². The average molecular weight is 349 g/mol. The Hall–Kier alpha value is -1.15. The Kier molecular flexibility index (Phi) is 4.57. The first-order valence-electron chi connectivity index (χ1n) is 7.23. The number of rotatable bonds is 2. The van der Waals surface area contributed by atoms with Crippen LogP contribution in [0.1, 0.15) is 49.3 Å². The Labute approximate surface area is 135 Å². The van der Waals surface area contributed by atoms with E-state index in [1.807, 2.05) is 25.1 Å². The summed E-state index contributed by atoms with van der Waals surface area (Å²) in [5.74, 6) is -0.117. The van der Waals surface area contributed by atoms with Gasteiger partial charge in [-0.3, -0.25) is 0 Å². The monoisotopic (exact) mass is 348 g/mol. The molecule has 0 fully saturated rings. The predicted octanol–water partition coefficient (Wildman–Crippen LogP) is 6.16. The molecule has 0 aromatic heterocycles. The van der Waals surface area contributed by atoms with Gasteiger partial charge in [0.25, 0.3) is 0 Å². The molecule has 2 aromatic carbocycles. The van der Waals surface area contributed by atoms with E-state index in [1.54, 1.807) is 0 Å². The molecular formula is C19H22BrF. The zero-order valence-corrected chi connectivity index (χ0v) is 15.2. The average Bonchev–Trinajstić information content (AvgIpc) is 2.46. The van der Waals surface area contributed by atoms with Gasteiger partial charge in [0.1, 0.15) is 5.82 Å². The minimum Gasteiger partial charge on any atom is -0.206 e. The SMILES string of the molecule is Cc1cccc(C(Br)c2c(C)c(C)c(C)c(C)c2C)c1F. The second-order valence-corrected chi connectivity index (χ2v) is 6.80. The molecule has 21 heavy (non-hydrogen) atoms. The second-order valence-electron chi connectivity index (χ2n) is 5.88. The van der Waals surface area contributed by atoms with Crippen molar-refractivity contribution in [3.05, 3.63) is 68.5 Å².